The molecule has 212 valence electrons. The minimum absolute atomic E-state index is 0.102. The maximum Gasteiger partial charge on any atom is 0.262 e. The highest BCUT2D eigenvalue weighted by atomic mass is 32.2. The monoisotopic (exact) mass is 572 g/mol. The van der Waals surface area contributed by atoms with Crippen molar-refractivity contribution in [3.05, 3.63) is 82.6 Å². The van der Waals surface area contributed by atoms with Crippen molar-refractivity contribution < 1.29 is 19.0 Å². The number of hydrogen-bond acceptors (Lipinski definition) is 8. The molecule has 0 bridgehead atoms. The lowest BCUT2D eigenvalue weighted by Gasteiger charge is -2.29. The van der Waals surface area contributed by atoms with Gasteiger partial charge in [-0.2, -0.15) is 0 Å². The number of hydrogen-bond donors (Lipinski definition) is 1. The zero-order valence-electron chi connectivity index (χ0n) is 22.9. The molecule has 1 atom stereocenters. The second-order valence-electron chi connectivity index (χ2n) is 9.96. The molecular weight excluding hydrogens is 540 g/mol. The maximum atomic E-state index is 14.0. The lowest BCUT2D eigenvalue weighted by Crippen LogP contribution is -2.36. The molecule has 1 N–H and O–H groups in total. The van der Waals surface area contributed by atoms with Crippen LogP contribution in [0.2, 0.25) is 0 Å². The third-order valence-corrected chi connectivity index (χ3v) is 8.65. The Labute approximate surface area is 242 Å². The SMILES string of the molecule is CCC(Sc1nc2ccc(N3CCOCC3)cc2c(=O)n1CCc1ccccc1)C(=O)Nc1ccc2c(c1)OCO2. The summed E-state index contributed by atoms with van der Waals surface area (Å²) in [6.45, 7) is 5.48. The van der Waals surface area contributed by atoms with Crippen LogP contribution in [0.1, 0.15) is 18.9 Å². The van der Waals surface area contributed by atoms with Crippen molar-refractivity contribution >= 4 is 39.9 Å². The van der Waals surface area contributed by atoms with Gasteiger partial charge in [-0.3, -0.25) is 14.2 Å². The molecule has 1 fully saturated rings. The normalized spacial score (nSPS) is 15.2. The molecule has 0 spiro atoms. The number of thioether (sulfide) groups is 1. The van der Waals surface area contributed by atoms with E-state index < -0.39 is 5.25 Å². The van der Waals surface area contributed by atoms with Gasteiger partial charge in [0.1, 0.15) is 0 Å². The number of anilines is 2. The molecule has 4 aromatic rings. The van der Waals surface area contributed by atoms with Gasteiger partial charge in [0.05, 0.1) is 29.4 Å². The number of aromatic nitrogens is 2. The summed E-state index contributed by atoms with van der Waals surface area (Å²) in [4.78, 5) is 34.5. The van der Waals surface area contributed by atoms with Gasteiger partial charge in [-0.15, -0.1) is 0 Å². The van der Waals surface area contributed by atoms with Crippen molar-refractivity contribution in [2.45, 2.75) is 36.7 Å². The number of carbonyl (C=O) groups is 1. The predicted molar refractivity (Wildman–Crippen MR) is 160 cm³/mol. The van der Waals surface area contributed by atoms with Crippen molar-refractivity contribution in [1.29, 1.82) is 0 Å². The van der Waals surface area contributed by atoms with Crippen molar-refractivity contribution in [3.63, 3.8) is 0 Å². The van der Waals surface area contributed by atoms with Gasteiger partial charge >= 0.3 is 0 Å². The van der Waals surface area contributed by atoms with Crippen LogP contribution in [0.3, 0.4) is 0 Å². The zero-order chi connectivity index (χ0) is 28.2. The van der Waals surface area contributed by atoms with Crippen LogP contribution in [0.4, 0.5) is 11.4 Å². The maximum absolute atomic E-state index is 14.0. The van der Waals surface area contributed by atoms with Gasteiger partial charge in [0, 0.05) is 37.1 Å². The minimum atomic E-state index is -0.458. The molecule has 10 heteroatoms. The third-order valence-electron chi connectivity index (χ3n) is 7.30. The van der Waals surface area contributed by atoms with E-state index in [0.717, 1.165) is 24.3 Å². The molecule has 1 unspecified atom stereocenters. The number of morpholine rings is 1. The Balaban J connectivity index is 1.30. The second-order valence-corrected chi connectivity index (χ2v) is 11.1. The first-order chi connectivity index (χ1) is 20.1. The Morgan fingerprint density at radius 3 is 2.63 bits per heavy atom. The van der Waals surface area contributed by atoms with E-state index in [1.807, 2.05) is 43.3 Å². The fourth-order valence-electron chi connectivity index (χ4n) is 5.03. The van der Waals surface area contributed by atoms with Gasteiger partial charge in [-0.1, -0.05) is 49.0 Å². The van der Waals surface area contributed by atoms with E-state index in [4.69, 9.17) is 19.2 Å². The van der Waals surface area contributed by atoms with Gasteiger partial charge in [0.2, 0.25) is 12.7 Å². The number of benzene rings is 3. The fraction of sp³-hybridized carbons (Fsp3) is 0.323. The van der Waals surface area contributed by atoms with Crippen LogP contribution in [0, 0.1) is 0 Å². The number of nitrogens with zero attached hydrogens (tertiary/aromatic N) is 3. The first kappa shape index (κ1) is 27.2. The van der Waals surface area contributed by atoms with E-state index >= 15 is 0 Å². The molecule has 3 aromatic carbocycles. The molecule has 2 aliphatic rings. The quantitative estimate of drug-likeness (QED) is 0.228. The van der Waals surface area contributed by atoms with Gasteiger partial charge in [0.25, 0.3) is 5.56 Å². The second kappa shape index (κ2) is 12.2. The molecule has 1 amide bonds. The number of nitrogens with one attached hydrogen (secondary N) is 1. The van der Waals surface area contributed by atoms with Crippen LogP contribution in [-0.4, -0.2) is 53.8 Å². The average Bonchev–Trinajstić information content (AvgIpc) is 3.48. The Kier molecular flexibility index (Phi) is 8.11. The van der Waals surface area contributed by atoms with Crippen LogP contribution in [0.25, 0.3) is 10.9 Å². The number of rotatable bonds is 9. The number of fused-ring (bicyclic) bond motifs is 2. The fourth-order valence-corrected chi connectivity index (χ4v) is 6.07. The molecule has 3 heterocycles. The van der Waals surface area contributed by atoms with Crippen LogP contribution in [0.15, 0.2) is 76.7 Å². The molecule has 0 radical (unpaired) electrons. The van der Waals surface area contributed by atoms with Crippen molar-refractivity contribution in [2.24, 2.45) is 0 Å². The van der Waals surface area contributed by atoms with Crippen molar-refractivity contribution in [3.8, 4) is 11.5 Å². The molecule has 2 aliphatic heterocycles. The summed E-state index contributed by atoms with van der Waals surface area (Å²) in [6, 6.07) is 21.2. The summed E-state index contributed by atoms with van der Waals surface area (Å²) < 4.78 is 18.0. The average molecular weight is 573 g/mol. The van der Waals surface area contributed by atoms with Gasteiger partial charge in [-0.25, -0.2) is 4.98 Å². The molecule has 0 aliphatic carbocycles. The van der Waals surface area contributed by atoms with E-state index in [2.05, 4.69) is 22.3 Å². The molecule has 6 rings (SSSR count). The predicted octanol–water partition coefficient (Wildman–Crippen LogP) is 4.71. The number of amides is 1. The zero-order valence-corrected chi connectivity index (χ0v) is 23.7. The number of carbonyl (C=O) groups excluding carboxylic acids is 1. The van der Waals surface area contributed by atoms with E-state index in [1.165, 1.54) is 11.8 Å². The largest absolute Gasteiger partial charge is 0.454 e. The van der Waals surface area contributed by atoms with Crippen molar-refractivity contribution in [2.75, 3.05) is 43.3 Å². The summed E-state index contributed by atoms with van der Waals surface area (Å²) in [5, 5.41) is 3.64. The number of ether oxygens (including phenoxy) is 3. The molecular formula is C31H32N4O5S. The van der Waals surface area contributed by atoms with E-state index in [1.54, 1.807) is 22.8 Å². The molecule has 1 aromatic heterocycles. The lowest BCUT2D eigenvalue weighted by molar-refractivity contribution is -0.115. The van der Waals surface area contributed by atoms with Crippen LogP contribution in [0.5, 0.6) is 11.5 Å². The van der Waals surface area contributed by atoms with Gasteiger partial charge in [0.15, 0.2) is 16.7 Å². The van der Waals surface area contributed by atoms with Crippen molar-refractivity contribution in [1.82, 2.24) is 9.55 Å². The standard InChI is InChI=1S/C31H32N4O5S/c1-2-28(29(36)32-22-8-11-26-27(18-22)40-20-39-26)41-31-33-25-10-9-23(34-14-16-38-17-15-34)19-24(25)30(37)35(31)13-12-21-6-4-3-5-7-21/h3-11,18-19,28H,2,12-17,20H2,1H3,(H,32,36). The third kappa shape index (κ3) is 6.03. The van der Waals surface area contributed by atoms with Crippen LogP contribution in [-0.2, 0) is 22.5 Å². The van der Waals surface area contributed by atoms with Crippen LogP contribution < -0.4 is 25.2 Å². The first-order valence-corrected chi connectivity index (χ1v) is 14.8. The summed E-state index contributed by atoms with van der Waals surface area (Å²) in [5.74, 6) is 1.10. The summed E-state index contributed by atoms with van der Waals surface area (Å²) in [5.41, 5.74) is 3.27. The van der Waals surface area contributed by atoms with E-state index in [-0.39, 0.29) is 18.3 Å². The Bertz CT molecular complexity index is 1600. The van der Waals surface area contributed by atoms with E-state index in [9.17, 15) is 9.59 Å². The first-order valence-electron chi connectivity index (χ1n) is 13.9. The molecule has 9 nitrogen and oxygen atoms in total. The Hall–Kier alpha value is -4.02. The highest BCUT2D eigenvalue weighted by Crippen LogP contribution is 2.35. The minimum Gasteiger partial charge on any atom is -0.454 e. The molecule has 1 saturated heterocycles. The Morgan fingerprint density at radius 1 is 1.02 bits per heavy atom. The van der Waals surface area contributed by atoms with Gasteiger partial charge in [-0.05, 0) is 48.7 Å². The lowest BCUT2D eigenvalue weighted by atomic mass is 10.1. The smallest absolute Gasteiger partial charge is 0.262 e. The summed E-state index contributed by atoms with van der Waals surface area (Å²) >= 11 is 1.32. The highest BCUT2D eigenvalue weighted by Gasteiger charge is 2.24. The van der Waals surface area contributed by atoms with Crippen LogP contribution >= 0.6 is 11.8 Å². The summed E-state index contributed by atoms with van der Waals surface area (Å²) in [6.07, 6.45) is 1.23. The molecule has 0 saturated carbocycles. The highest BCUT2D eigenvalue weighted by molar-refractivity contribution is 8.00. The number of aryl methyl sites for hydroxylation is 1. The van der Waals surface area contributed by atoms with Gasteiger partial charge < -0.3 is 24.4 Å². The molecule has 41 heavy (non-hydrogen) atoms. The Morgan fingerprint density at radius 2 is 1.83 bits per heavy atom. The summed E-state index contributed by atoms with van der Waals surface area (Å²) in [7, 11) is 0. The van der Waals surface area contributed by atoms with E-state index in [0.29, 0.717) is 65.8 Å². The topological polar surface area (TPSA) is 94.9 Å².